The quantitative estimate of drug-likeness (QED) is 0.759. The highest BCUT2D eigenvalue weighted by molar-refractivity contribution is 5.86. The van der Waals surface area contributed by atoms with Crippen molar-refractivity contribution in [1.29, 1.82) is 0 Å². The van der Waals surface area contributed by atoms with E-state index >= 15 is 0 Å². The Kier molecular flexibility index (Phi) is 4.60. The van der Waals surface area contributed by atoms with Crippen molar-refractivity contribution in [2.24, 2.45) is 7.05 Å². The number of hydrogen-bond acceptors (Lipinski definition) is 6. The second kappa shape index (κ2) is 7.00. The van der Waals surface area contributed by atoms with Crippen LogP contribution in [0.4, 0.5) is 22.0 Å². The zero-order valence-corrected chi connectivity index (χ0v) is 14.1. The molecule has 3 rings (SSSR count). The molecule has 0 aliphatic carbocycles. The Labute approximate surface area is 144 Å². The smallest absolute Gasteiger partial charge is 0.389 e. The first kappa shape index (κ1) is 16.4. The third kappa shape index (κ3) is 4.31. The van der Waals surface area contributed by atoms with Gasteiger partial charge >= 0.3 is 6.09 Å². The first-order valence-electron chi connectivity index (χ1n) is 7.64. The fraction of sp³-hybridized carbons (Fsp3) is 0.176. The van der Waals surface area contributed by atoms with Crippen molar-refractivity contribution in [2.75, 3.05) is 10.6 Å². The molecule has 3 aromatic heterocycles. The molecule has 0 saturated carbocycles. The SMILES string of the molecule is Cc1cncc(Nc2ccc(C)nc2OC(=O)Nc2ccn(C)n2)c1. The zero-order valence-electron chi connectivity index (χ0n) is 14.1. The fourth-order valence-electron chi connectivity index (χ4n) is 2.18. The van der Waals surface area contributed by atoms with Gasteiger partial charge in [0.05, 0.1) is 11.9 Å². The highest BCUT2D eigenvalue weighted by Crippen LogP contribution is 2.26. The normalized spacial score (nSPS) is 10.4. The average molecular weight is 338 g/mol. The van der Waals surface area contributed by atoms with E-state index in [9.17, 15) is 4.79 Å². The molecule has 2 N–H and O–H groups in total. The number of carbonyl (C=O) groups excluding carboxylic acids is 1. The number of hydrogen-bond donors (Lipinski definition) is 2. The summed E-state index contributed by atoms with van der Waals surface area (Å²) in [4.78, 5) is 20.5. The minimum absolute atomic E-state index is 0.176. The van der Waals surface area contributed by atoms with Crippen molar-refractivity contribution >= 4 is 23.3 Å². The van der Waals surface area contributed by atoms with Gasteiger partial charge in [-0.1, -0.05) is 0 Å². The molecule has 0 radical (unpaired) electrons. The van der Waals surface area contributed by atoms with E-state index in [2.05, 4.69) is 25.7 Å². The van der Waals surface area contributed by atoms with Crippen LogP contribution in [0.1, 0.15) is 11.3 Å². The van der Waals surface area contributed by atoms with E-state index in [-0.39, 0.29) is 5.88 Å². The lowest BCUT2D eigenvalue weighted by Crippen LogP contribution is -2.18. The van der Waals surface area contributed by atoms with Gasteiger partial charge in [-0.25, -0.2) is 9.78 Å². The standard InChI is InChI=1S/C17H18N6O2/c1-11-8-13(10-18-9-11)20-14-5-4-12(2)19-16(14)25-17(24)21-15-6-7-23(3)22-15/h4-10,20H,1-3H3,(H,21,22,24). The lowest BCUT2D eigenvalue weighted by molar-refractivity contribution is 0.213. The number of ether oxygens (including phenoxy) is 1. The van der Waals surface area contributed by atoms with Gasteiger partial charge in [0.1, 0.15) is 5.69 Å². The van der Waals surface area contributed by atoms with Crippen LogP contribution in [0.15, 0.2) is 42.9 Å². The van der Waals surface area contributed by atoms with Gasteiger partial charge in [-0.05, 0) is 37.6 Å². The highest BCUT2D eigenvalue weighted by atomic mass is 16.6. The summed E-state index contributed by atoms with van der Waals surface area (Å²) < 4.78 is 6.93. The Morgan fingerprint density at radius 3 is 2.76 bits per heavy atom. The van der Waals surface area contributed by atoms with Crippen LogP contribution in [0.25, 0.3) is 0 Å². The number of anilines is 3. The van der Waals surface area contributed by atoms with Gasteiger partial charge < -0.3 is 10.1 Å². The number of nitrogens with zero attached hydrogens (tertiary/aromatic N) is 4. The van der Waals surface area contributed by atoms with Crippen LogP contribution in [0, 0.1) is 13.8 Å². The summed E-state index contributed by atoms with van der Waals surface area (Å²) in [6.45, 7) is 3.77. The summed E-state index contributed by atoms with van der Waals surface area (Å²) in [5.74, 6) is 0.576. The molecular weight excluding hydrogens is 320 g/mol. The van der Waals surface area contributed by atoms with Crippen LogP contribution in [-0.4, -0.2) is 25.8 Å². The second-order valence-corrected chi connectivity index (χ2v) is 5.57. The van der Waals surface area contributed by atoms with Crippen molar-refractivity contribution in [1.82, 2.24) is 19.7 Å². The third-order valence-corrected chi connectivity index (χ3v) is 3.29. The Bertz CT molecular complexity index is 906. The Hall–Kier alpha value is -3.42. The van der Waals surface area contributed by atoms with Crippen LogP contribution in [0.3, 0.4) is 0 Å². The van der Waals surface area contributed by atoms with Crippen molar-refractivity contribution < 1.29 is 9.53 Å². The molecule has 0 unspecified atom stereocenters. The summed E-state index contributed by atoms with van der Waals surface area (Å²) in [7, 11) is 1.76. The Morgan fingerprint density at radius 1 is 1.20 bits per heavy atom. The van der Waals surface area contributed by atoms with Gasteiger partial charge in [-0.3, -0.25) is 15.0 Å². The molecule has 0 saturated heterocycles. The van der Waals surface area contributed by atoms with Crippen molar-refractivity contribution in [3.63, 3.8) is 0 Å². The van der Waals surface area contributed by atoms with Crippen molar-refractivity contribution in [3.05, 3.63) is 54.1 Å². The average Bonchev–Trinajstić information content (AvgIpc) is 2.95. The molecule has 0 aliphatic rings. The predicted molar refractivity (Wildman–Crippen MR) is 94.1 cm³/mol. The van der Waals surface area contributed by atoms with Crippen molar-refractivity contribution in [2.45, 2.75) is 13.8 Å². The number of amides is 1. The number of nitrogens with one attached hydrogen (secondary N) is 2. The topological polar surface area (TPSA) is 94.0 Å². The molecule has 0 aliphatic heterocycles. The monoisotopic (exact) mass is 338 g/mol. The fourth-order valence-corrected chi connectivity index (χ4v) is 2.18. The van der Waals surface area contributed by atoms with E-state index in [4.69, 9.17) is 4.74 Å². The van der Waals surface area contributed by atoms with Gasteiger partial charge in [0, 0.05) is 31.2 Å². The molecule has 0 fully saturated rings. The molecule has 128 valence electrons. The van der Waals surface area contributed by atoms with Gasteiger partial charge in [-0.15, -0.1) is 0 Å². The Balaban J connectivity index is 1.77. The number of aryl methyl sites for hydroxylation is 3. The van der Waals surface area contributed by atoms with E-state index < -0.39 is 6.09 Å². The van der Waals surface area contributed by atoms with Crippen LogP contribution in [0.2, 0.25) is 0 Å². The lowest BCUT2D eigenvalue weighted by atomic mass is 10.3. The maximum Gasteiger partial charge on any atom is 0.419 e. The Morgan fingerprint density at radius 2 is 2.04 bits per heavy atom. The molecule has 1 amide bonds. The molecule has 3 aromatic rings. The minimum atomic E-state index is -0.665. The summed E-state index contributed by atoms with van der Waals surface area (Å²) in [6.07, 6.45) is 4.50. The largest absolute Gasteiger partial charge is 0.419 e. The van der Waals surface area contributed by atoms with E-state index in [1.165, 1.54) is 0 Å². The summed E-state index contributed by atoms with van der Waals surface area (Å²) in [5, 5.41) is 9.79. The summed E-state index contributed by atoms with van der Waals surface area (Å²) >= 11 is 0. The summed E-state index contributed by atoms with van der Waals surface area (Å²) in [5.41, 5.74) is 3.09. The predicted octanol–water partition coefficient (Wildman–Crippen LogP) is 3.18. The molecule has 0 spiro atoms. The van der Waals surface area contributed by atoms with Crippen LogP contribution in [0.5, 0.6) is 5.88 Å². The highest BCUT2D eigenvalue weighted by Gasteiger charge is 2.13. The number of carbonyl (C=O) groups is 1. The number of rotatable bonds is 4. The molecule has 0 atom stereocenters. The van der Waals surface area contributed by atoms with E-state index in [0.717, 1.165) is 16.9 Å². The number of aromatic nitrogens is 4. The second-order valence-electron chi connectivity index (χ2n) is 5.57. The van der Waals surface area contributed by atoms with E-state index in [1.54, 1.807) is 42.5 Å². The molecule has 8 nitrogen and oxygen atoms in total. The maximum atomic E-state index is 12.1. The first-order valence-corrected chi connectivity index (χ1v) is 7.64. The van der Waals surface area contributed by atoms with Crippen LogP contribution < -0.4 is 15.4 Å². The minimum Gasteiger partial charge on any atom is -0.389 e. The summed E-state index contributed by atoms with van der Waals surface area (Å²) in [6, 6.07) is 7.23. The van der Waals surface area contributed by atoms with Gasteiger partial charge in [0.25, 0.3) is 0 Å². The maximum absolute atomic E-state index is 12.1. The number of pyridine rings is 2. The molecule has 3 heterocycles. The zero-order chi connectivity index (χ0) is 17.8. The lowest BCUT2D eigenvalue weighted by Gasteiger charge is -2.12. The third-order valence-electron chi connectivity index (χ3n) is 3.29. The van der Waals surface area contributed by atoms with Gasteiger partial charge in [0.15, 0.2) is 5.82 Å². The van der Waals surface area contributed by atoms with Gasteiger partial charge in [-0.2, -0.15) is 5.10 Å². The molecular formula is C17H18N6O2. The molecule has 25 heavy (non-hydrogen) atoms. The van der Waals surface area contributed by atoms with E-state index in [0.29, 0.717) is 11.5 Å². The van der Waals surface area contributed by atoms with Crippen LogP contribution in [-0.2, 0) is 7.05 Å². The van der Waals surface area contributed by atoms with Gasteiger partial charge in [0.2, 0.25) is 5.88 Å². The van der Waals surface area contributed by atoms with Crippen LogP contribution >= 0.6 is 0 Å². The molecule has 0 aromatic carbocycles. The van der Waals surface area contributed by atoms with Crippen molar-refractivity contribution in [3.8, 4) is 5.88 Å². The first-order chi connectivity index (χ1) is 12.0. The van der Waals surface area contributed by atoms with E-state index in [1.807, 2.05) is 26.0 Å². The molecule has 0 bridgehead atoms. The molecule has 8 heteroatoms.